The molecule has 17 heavy (non-hydrogen) atoms. The molecule has 0 amide bonds. The molecular formula is C12H8BrClN2O. The second-order valence-electron chi connectivity index (χ2n) is 3.78. The lowest BCUT2D eigenvalue weighted by molar-refractivity contribution is 0.900. The maximum atomic E-state index is 11.9. The number of rotatable bonds is 0. The van der Waals surface area contributed by atoms with E-state index in [1.165, 1.54) is 4.57 Å². The lowest BCUT2D eigenvalue weighted by Gasteiger charge is -2.10. The molecule has 0 aliphatic rings. The highest BCUT2D eigenvalue weighted by Gasteiger charge is 2.14. The van der Waals surface area contributed by atoms with Crippen molar-refractivity contribution in [2.24, 2.45) is 7.05 Å². The lowest BCUT2D eigenvalue weighted by Crippen LogP contribution is -2.20. The summed E-state index contributed by atoms with van der Waals surface area (Å²) in [7, 11) is 1.63. The highest BCUT2D eigenvalue weighted by molar-refractivity contribution is 9.10. The molecule has 0 bridgehead atoms. The van der Waals surface area contributed by atoms with Gasteiger partial charge in [0.2, 0.25) is 0 Å². The second-order valence-corrected chi connectivity index (χ2v) is 5.02. The van der Waals surface area contributed by atoms with Crippen molar-refractivity contribution < 1.29 is 0 Å². The topological polar surface area (TPSA) is 45.8 Å². The zero-order valence-corrected chi connectivity index (χ0v) is 11.6. The summed E-state index contributed by atoms with van der Waals surface area (Å²) in [5.41, 5.74) is 1.32. The van der Waals surface area contributed by atoms with Crippen LogP contribution in [0.2, 0.25) is 5.02 Å². The maximum absolute atomic E-state index is 11.9. The highest BCUT2D eigenvalue weighted by Crippen LogP contribution is 2.29. The number of benzene rings is 1. The predicted molar refractivity (Wildman–Crippen MR) is 71.4 cm³/mol. The van der Waals surface area contributed by atoms with Gasteiger partial charge in [-0.05, 0) is 24.6 Å². The first-order chi connectivity index (χ1) is 7.97. The Balaban J connectivity index is 3.11. The van der Waals surface area contributed by atoms with Gasteiger partial charge in [-0.25, -0.2) is 0 Å². The molecule has 1 aromatic heterocycles. The van der Waals surface area contributed by atoms with E-state index in [0.29, 0.717) is 10.9 Å². The monoisotopic (exact) mass is 310 g/mol. The van der Waals surface area contributed by atoms with Crippen molar-refractivity contribution in [1.82, 2.24) is 4.57 Å². The zero-order chi connectivity index (χ0) is 12.7. The second kappa shape index (κ2) is 4.17. The van der Waals surface area contributed by atoms with Crippen LogP contribution in [0.1, 0.15) is 11.1 Å². The third-order valence-corrected chi connectivity index (χ3v) is 3.97. The molecule has 86 valence electrons. The molecule has 2 aromatic rings. The Hall–Kier alpha value is -1.31. The number of halogens is 2. The molecular weight excluding hydrogens is 304 g/mol. The normalized spacial score (nSPS) is 10.5. The number of pyridine rings is 1. The van der Waals surface area contributed by atoms with E-state index >= 15 is 0 Å². The average molecular weight is 312 g/mol. The van der Waals surface area contributed by atoms with E-state index in [0.717, 1.165) is 10.0 Å². The van der Waals surface area contributed by atoms with Crippen molar-refractivity contribution in [2.75, 3.05) is 0 Å². The SMILES string of the molecule is Cc1cc2c(Cl)c(C#N)c(=O)n(C)c2cc1Br. The van der Waals surface area contributed by atoms with Crippen LogP contribution >= 0.6 is 27.5 Å². The lowest BCUT2D eigenvalue weighted by atomic mass is 10.1. The first kappa shape index (κ1) is 12.2. The van der Waals surface area contributed by atoms with E-state index in [1.807, 2.05) is 25.1 Å². The average Bonchev–Trinajstić information content (AvgIpc) is 2.30. The minimum atomic E-state index is -0.374. The van der Waals surface area contributed by atoms with E-state index in [9.17, 15) is 4.79 Å². The van der Waals surface area contributed by atoms with Crippen LogP contribution < -0.4 is 5.56 Å². The molecule has 0 radical (unpaired) electrons. The fourth-order valence-corrected chi connectivity index (χ4v) is 2.33. The van der Waals surface area contributed by atoms with Gasteiger partial charge in [-0.3, -0.25) is 4.79 Å². The molecule has 0 aliphatic carbocycles. The Bertz CT molecular complexity index is 728. The van der Waals surface area contributed by atoms with E-state index in [4.69, 9.17) is 16.9 Å². The number of aromatic nitrogens is 1. The van der Waals surface area contributed by atoms with Gasteiger partial charge in [-0.15, -0.1) is 0 Å². The number of hydrogen-bond donors (Lipinski definition) is 0. The number of nitrogens with zero attached hydrogens (tertiary/aromatic N) is 2. The van der Waals surface area contributed by atoms with Crippen molar-refractivity contribution in [1.29, 1.82) is 5.26 Å². The summed E-state index contributed by atoms with van der Waals surface area (Å²) in [4.78, 5) is 11.9. The van der Waals surface area contributed by atoms with Gasteiger partial charge in [-0.2, -0.15) is 5.26 Å². The largest absolute Gasteiger partial charge is 0.310 e. The van der Waals surface area contributed by atoms with Crippen molar-refractivity contribution in [2.45, 2.75) is 6.92 Å². The molecule has 3 nitrogen and oxygen atoms in total. The van der Waals surface area contributed by atoms with Gasteiger partial charge in [0, 0.05) is 16.9 Å². The van der Waals surface area contributed by atoms with Crippen LogP contribution in [0.3, 0.4) is 0 Å². The minimum Gasteiger partial charge on any atom is -0.310 e. The number of fused-ring (bicyclic) bond motifs is 1. The van der Waals surface area contributed by atoms with Gasteiger partial charge in [0.05, 0.1) is 10.5 Å². The van der Waals surface area contributed by atoms with Gasteiger partial charge in [0.1, 0.15) is 11.6 Å². The molecule has 0 unspecified atom stereocenters. The smallest absolute Gasteiger partial charge is 0.270 e. The molecule has 0 saturated carbocycles. The van der Waals surface area contributed by atoms with Crippen molar-refractivity contribution in [3.05, 3.63) is 43.1 Å². The number of aryl methyl sites for hydroxylation is 2. The fourth-order valence-electron chi connectivity index (χ4n) is 1.73. The van der Waals surface area contributed by atoms with Crippen molar-refractivity contribution in [3.63, 3.8) is 0 Å². The maximum Gasteiger partial charge on any atom is 0.270 e. The third-order valence-electron chi connectivity index (χ3n) is 2.72. The Morgan fingerprint density at radius 1 is 1.47 bits per heavy atom. The summed E-state index contributed by atoms with van der Waals surface area (Å²) in [6.45, 7) is 1.93. The number of nitriles is 1. The van der Waals surface area contributed by atoms with E-state index in [2.05, 4.69) is 15.9 Å². The molecule has 0 fully saturated rings. The summed E-state index contributed by atoms with van der Waals surface area (Å²) < 4.78 is 2.34. The van der Waals surface area contributed by atoms with Gasteiger partial charge in [0.15, 0.2) is 0 Å². The van der Waals surface area contributed by atoms with Gasteiger partial charge in [-0.1, -0.05) is 27.5 Å². The van der Waals surface area contributed by atoms with Crippen LogP contribution in [0.25, 0.3) is 10.9 Å². The summed E-state index contributed by atoms with van der Waals surface area (Å²) in [5.74, 6) is 0. The van der Waals surface area contributed by atoms with Crippen LogP contribution in [0.15, 0.2) is 21.4 Å². The molecule has 0 N–H and O–H groups in total. The molecule has 5 heteroatoms. The van der Waals surface area contributed by atoms with Crippen LogP contribution in [0.5, 0.6) is 0 Å². The first-order valence-corrected chi connectivity index (χ1v) is 6.03. The van der Waals surface area contributed by atoms with Gasteiger partial charge >= 0.3 is 0 Å². The highest BCUT2D eigenvalue weighted by atomic mass is 79.9. The molecule has 0 aliphatic heterocycles. The quantitative estimate of drug-likeness (QED) is 0.750. The summed E-state index contributed by atoms with van der Waals surface area (Å²) in [5, 5.41) is 9.89. The Morgan fingerprint density at radius 3 is 2.71 bits per heavy atom. The van der Waals surface area contributed by atoms with Crippen LogP contribution in [-0.2, 0) is 7.05 Å². The minimum absolute atomic E-state index is 0.0108. The fraction of sp³-hybridized carbons (Fsp3) is 0.167. The summed E-state index contributed by atoms with van der Waals surface area (Å²) >= 11 is 9.50. The predicted octanol–water partition coefficient (Wildman–Crippen LogP) is 3.13. The molecule has 0 saturated heterocycles. The van der Waals surface area contributed by atoms with Crippen LogP contribution in [0.4, 0.5) is 0 Å². The standard InChI is InChI=1S/C12H8BrClN2O/c1-6-3-7-10(4-9(6)13)16(2)12(17)8(5-15)11(7)14/h3-4H,1-2H3. The van der Waals surface area contributed by atoms with Gasteiger partial charge in [0.25, 0.3) is 5.56 Å². The first-order valence-electron chi connectivity index (χ1n) is 4.85. The Kier molecular flexibility index (Phi) is 2.98. The Morgan fingerprint density at radius 2 is 2.12 bits per heavy atom. The summed E-state index contributed by atoms with van der Waals surface area (Å²) in [6, 6.07) is 5.55. The van der Waals surface area contributed by atoms with E-state index in [-0.39, 0.29) is 16.1 Å². The number of hydrogen-bond acceptors (Lipinski definition) is 2. The van der Waals surface area contributed by atoms with Crippen molar-refractivity contribution >= 4 is 38.4 Å². The summed E-state index contributed by atoms with van der Waals surface area (Å²) in [6.07, 6.45) is 0. The van der Waals surface area contributed by atoms with Crippen molar-refractivity contribution in [3.8, 4) is 6.07 Å². The zero-order valence-electron chi connectivity index (χ0n) is 9.21. The molecule has 0 spiro atoms. The molecule has 0 atom stereocenters. The van der Waals surface area contributed by atoms with E-state index < -0.39 is 0 Å². The van der Waals surface area contributed by atoms with E-state index in [1.54, 1.807) is 7.05 Å². The van der Waals surface area contributed by atoms with Crippen LogP contribution in [0, 0.1) is 18.3 Å². The molecule has 2 rings (SSSR count). The Labute approximate surface area is 111 Å². The van der Waals surface area contributed by atoms with Gasteiger partial charge < -0.3 is 4.57 Å². The molecule has 1 aromatic carbocycles. The third kappa shape index (κ3) is 1.76. The molecule has 1 heterocycles. The van der Waals surface area contributed by atoms with Crippen LogP contribution in [-0.4, -0.2) is 4.57 Å².